The Hall–Kier alpha value is -1.77. The number of carbonyl (C=O) groups excluding carboxylic acids is 1. The van der Waals surface area contributed by atoms with Gasteiger partial charge in [0.05, 0.1) is 6.61 Å². The van der Waals surface area contributed by atoms with Crippen LogP contribution >= 0.6 is 58.0 Å². The number of hydrogen-bond acceptors (Lipinski definition) is 2. The SMILES string of the molecule is Cc1cccc(Cl)c1CNC(=O)C(C)n1cc[n+](CC(OCc2ccc(Cl)cc2Cl)c2ccc(Cl)cc2Cl)c1.[Br-]. The third kappa shape index (κ3) is 8.39. The van der Waals surface area contributed by atoms with Gasteiger partial charge in [-0.15, -0.1) is 0 Å². The number of aryl methyl sites for hydroxylation is 1. The lowest BCUT2D eigenvalue weighted by Gasteiger charge is -2.19. The number of nitrogens with zero attached hydrogens (tertiary/aromatic N) is 2. The topological polar surface area (TPSA) is 47.1 Å². The summed E-state index contributed by atoms with van der Waals surface area (Å²) in [5, 5.41) is 5.73. The Labute approximate surface area is 269 Å². The van der Waals surface area contributed by atoms with Gasteiger partial charge in [-0.3, -0.25) is 4.79 Å². The van der Waals surface area contributed by atoms with Gasteiger partial charge in [-0.25, -0.2) is 9.13 Å². The van der Waals surface area contributed by atoms with Gasteiger partial charge in [0, 0.05) is 37.2 Å². The third-order valence-corrected chi connectivity index (χ3v) is 7.98. The summed E-state index contributed by atoms with van der Waals surface area (Å²) in [6.07, 6.45) is 5.18. The molecule has 0 aliphatic heterocycles. The van der Waals surface area contributed by atoms with Gasteiger partial charge >= 0.3 is 0 Å². The fourth-order valence-corrected chi connectivity index (χ4v) is 5.40. The molecule has 0 radical (unpaired) electrons. The lowest BCUT2D eigenvalue weighted by atomic mass is 10.1. The van der Waals surface area contributed by atoms with Gasteiger partial charge in [0.2, 0.25) is 6.33 Å². The smallest absolute Gasteiger partial charge is 0.265 e. The van der Waals surface area contributed by atoms with Crippen LogP contribution in [0.25, 0.3) is 0 Å². The zero-order valence-corrected chi connectivity index (χ0v) is 27.0. The van der Waals surface area contributed by atoms with E-state index in [1.807, 2.05) is 72.0 Å². The second kappa shape index (κ2) is 14.9. The molecule has 4 rings (SSSR count). The van der Waals surface area contributed by atoms with E-state index in [2.05, 4.69) is 5.32 Å². The van der Waals surface area contributed by atoms with Crippen molar-refractivity contribution in [3.8, 4) is 0 Å². The molecule has 0 saturated heterocycles. The summed E-state index contributed by atoms with van der Waals surface area (Å²) in [5.41, 5.74) is 3.52. The number of imidazole rings is 1. The fourth-order valence-electron chi connectivity index (χ4n) is 4.12. The lowest BCUT2D eigenvalue weighted by Crippen LogP contribution is -3.00. The van der Waals surface area contributed by atoms with Gasteiger partial charge in [0.15, 0.2) is 6.04 Å². The maximum atomic E-state index is 12.9. The summed E-state index contributed by atoms with van der Waals surface area (Å²) in [6, 6.07) is 15.8. The van der Waals surface area contributed by atoms with Crippen LogP contribution in [0.2, 0.25) is 25.1 Å². The predicted octanol–water partition coefficient (Wildman–Crippen LogP) is 5.19. The molecule has 0 bridgehead atoms. The largest absolute Gasteiger partial charge is 1.00 e. The Morgan fingerprint density at radius 1 is 0.975 bits per heavy atom. The molecule has 2 atom stereocenters. The minimum Gasteiger partial charge on any atom is -1.00 e. The third-order valence-electron chi connectivity index (χ3n) is 6.47. The summed E-state index contributed by atoms with van der Waals surface area (Å²) >= 11 is 31.4. The predicted molar refractivity (Wildman–Crippen MR) is 158 cm³/mol. The number of benzene rings is 3. The Bertz CT molecular complexity index is 1460. The maximum absolute atomic E-state index is 12.9. The van der Waals surface area contributed by atoms with Crippen LogP contribution in [0, 0.1) is 6.92 Å². The number of rotatable bonds is 10. The van der Waals surface area contributed by atoms with Crippen LogP contribution in [0.1, 0.15) is 41.3 Å². The van der Waals surface area contributed by atoms with E-state index in [0.29, 0.717) is 38.2 Å². The zero-order valence-electron chi connectivity index (χ0n) is 21.7. The van der Waals surface area contributed by atoms with Crippen molar-refractivity contribution >= 4 is 63.9 Å². The van der Waals surface area contributed by atoms with E-state index >= 15 is 0 Å². The summed E-state index contributed by atoms with van der Waals surface area (Å²) in [7, 11) is 0. The average molecular weight is 707 g/mol. The van der Waals surface area contributed by atoms with Gasteiger partial charge in [-0.05, 0) is 60.9 Å². The van der Waals surface area contributed by atoms with E-state index in [0.717, 1.165) is 22.3 Å². The molecule has 40 heavy (non-hydrogen) atoms. The molecule has 0 aliphatic carbocycles. The quantitative estimate of drug-likeness (QED) is 0.231. The number of nitrogens with one attached hydrogen (secondary N) is 1. The molecule has 1 amide bonds. The normalized spacial score (nSPS) is 12.5. The molecule has 212 valence electrons. The van der Waals surface area contributed by atoms with Crippen LogP contribution in [0.5, 0.6) is 0 Å². The Morgan fingerprint density at radius 2 is 1.68 bits per heavy atom. The Kier molecular flexibility index (Phi) is 12.2. The summed E-state index contributed by atoms with van der Waals surface area (Å²) in [6.45, 7) is 4.85. The Balaban J connectivity index is 0.00000441. The van der Waals surface area contributed by atoms with Crippen molar-refractivity contribution in [1.82, 2.24) is 9.88 Å². The first-order valence-corrected chi connectivity index (χ1v) is 14.1. The first-order valence-electron chi connectivity index (χ1n) is 12.2. The van der Waals surface area contributed by atoms with E-state index in [1.54, 1.807) is 24.3 Å². The van der Waals surface area contributed by atoms with Gasteiger partial charge in [-0.1, -0.05) is 82.3 Å². The zero-order chi connectivity index (χ0) is 28.1. The molecule has 1 heterocycles. The van der Waals surface area contributed by atoms with E-state index < -0.39 is 12.1 Å². The maximum Gasteiger partial charge on any atom is 0.265 e. The second-order valence-electron chi connectivity index (χ2n) is 9.19. The molecule has 0 aliphatic rings. The molecule has 2 unspecified atom stereocenters. The molecule has 4 aromatic rings. The van der Waals surface area contributed by atoms with Gasteiger partial charge in [-0.2, -0.15) is 0 Å². The molecule has 0 spiro atoms. The van der Waals surface area contributed by atoms with Crippen molar-refractivity contribution in [2.45, 2.75) is 45.7 Å². The van der Waals surface area contributed by atoms with Gasteiger partial charge in [0.1, 0.15) is 25.0 Å². The molecule has 1 N–H and O–H groups in total. The van der Waals surface area contributed by atoms with E-state index in [-0.39, 0.29) is 29.5 Å². The first kappa shape index (κ1) is 32.7. The van der Waals surface area contributed by atoms with Crippen LogP contribution in [-0.2, 0) is 29.2 Å². The molecule has 0 saturated carbocycles. The monoisotopic (exact) mass is 703 g/mol. The molecule has 0 fully saturated rings. The summed E-state index contributed by atoms with van der Waals surface area (Å²) in [5.74, 6) is -0.122. The number of aromatic nitrogens is 2. The van der Waals surface area contributed by atoms with Gasteiger partial charge in [0.25, 0.3) is 5.91 Å². The van der Waals surface area contributed by atoms with Crippen LogP contribution in [0.15, 0.2) is 73.3 Å². The number of carbonyl (C=O) groups is 1. The average Bonchev–Trinajstić information content (AvgIpc) is 3.35. The molecular weight excluding hydrogens is 680 g/mol. The molecule has 1 aromatic heterocycles. The van der Waals surface area contributed by atoms with Crippen molar-refractivity contribution in [3.63, 3.8) is 0 Å². The fraction of sp³-hybridized carbons (Fsp3) is 0.241. The van der Waals surface area contributed by atoms with Crippen molar-refractivity contribution < 1.29 is 31.1 Å². The summed E-state index contributed by atoms with van der Waals surface area (Å²) in [4.78, 5) is 12.9. The minimum absolute atomic E-state index is 0. The minimum atomic E-state index is -0.444. The number of hydrogen-bond donors (Lipinski definition) is 1. The van der Waals surface area contributed by atoms with Gasteiger partial charge < -0.3 is 27.0 Å². The van der Waals surface area contributed by atoms with Crippen molar-refractivity contribution in [3.05, 3.63) is 121 Å². The van der Waals surface area contributed by atoms with Crippen LogP contribution < -0.4 is 26.9 Å². The highest BCUT2D eigenvalue weighted by Crippen LogP contribution is 2.31. The highest BCUT2D eigenvalue weighted by atomic mass is 79.9. The van der Waals surface area contributed by atoms with Crippen molar-refractivity contribution in [1.29, 1.82) is 0 Å². The molecule has 5 nitrogen and oxygen atoms in total. The van der Waals surface area contributed by atoms with Crippen molar-refractivity contribution in [2.75, 3.05) is 0 Å². The van der Waals surface area contributed by atoms with Crippen molar-refractivity contribution in [2.24, 2.45) is 0 Å². The molecule has 11 heteroatoms. The van der Waals surface area contributed by atoms with E-state index in [1.165, 1.54) is 0 Å². The van der Waals surface area contributed by atoms with Crippen LogP contribution in [0.4, 0.5) is 0 Å². The highest BCUT2D eigenvalue weighted by Gasteiger charge is 2.24. The molecule has 3 aromatic carbocycles. The second-order valence-corrected chi connectivity index (χ2v) is 11.3. The first-order chi connectivity index (χ1) is 18.6. The number of amides is 1. The van der Waals surface area contributed by atoms with Crippen LogP contribution in [-0.4, -0.2) is 10.5 Å². The Morgan fingerprint density at radius 3 is 2.35 bits per heavy atom. The number of halogens is 6. The lowest BCUT2D eigenvalue weighted by molar-refractivity contribution is -0.705. The molecular formula is C29H27BrCl5N3O2. The standard InChI is InChI=1S/C29H26Cl5N3O2.BrH/c1-18-4-3-5-25(32)24(18)14-35-29(38)19(2)37-11-10-36(17-37)15-28(23-9-8-22(31)13-27(23)34)39-16-20-6-7-21(30)12-26(20)33;/h3-13,17,19,28H,14-16H2,1-2H3;1H. The van der Waals surface area contributed by atoms with E-state index in [9.17, 15) is 4.79 Å². The highest BCUT2D eigenvalue weighted by molar-refractivity contribution is 6.35. The van der Waals surface area contributed by atoms with Crippen LogP contribution in [0.3, 0.4) is 0 Å². The van der Waals surface area contributed by atoms with E-state index in [4.69, 9.17) is 62.7 Å². The summed E-state index contributed by atoms with van der Waals surface area (Å²) < 4.78 is 10.1. The number of ether oxygens (including phenoxy) is 1.